The molecule has 2 rings (SSSR count). The van der Waals surface area contributed by atoms with Crippen molar-refractivity contribution in [1.82, 2.24) is 4.90 Å². The van der Waals surface area contributed by atoms with Crippen LogP contribution in [-0.2, 0) is 16.0 Å². The van der Waals surface area contributed by atoms with Crippen LogP contribution in [0.25, 0.3) is 0 Å². The SMILES string of the molecule is CC(/C=C/[C@H]1CCCC(=O)N1CCCCCCC(=O)O)Cc1ccccc1. The summed E-state index contributed by atoms with van der Waals surface area (Å²) < 4.78 is 0. The number of carboxylic acids is 1. The molecule has 1 aromatic carbocycles. The zero-order valence-corrected chi connectivity index (χ0v) is 16.5. The number of unbranched alkanes of at least 4 members (excludes halogenated alkanes) is 3. The van der Waals surface area contributed by atoms with E-state index in [0.717, 1.165) is 51.5 Å². The maximum atomic E-state index is 12.4. The molecule has 0 spiro atoms. The van der Waals surface area contributed by atoms with Crippen molar-refractivity contribution < 1.29 is 14.7 Å². The number of carbonyl (C=O) groups excluding carboxylic acids is 1. The van der Waals surface area contributed by atoms with Gasteiger partial charge in [-0.15, -0.1) is 0 Å². The average Bonchev–Trinajstić information content (AvgIpc) is 2.65. The van der Waals surface area contributed by atoms with Crippen molar-refractivity contribution in [2.75, 3.05) is 6.54 Å². The van der Waals surface area contributed by atoms with Crippen molar-refractivity contribution in [3.05, 3.63) is 48.0 Å². The molecule has 0 bridgehead atoms. The molecule has 0 aliphatic carbocycles. The number of amides is 1. The minimum Gasteiger partial charge on any atom is -0.481 e. The fraction of sp³-hybridized carbons (Fsp3) is 0.565. The van der Waals surface area contributed by atoms with E-state index in [2.05, 4.69) is 43.3 Å². The molecule has 1 aliphatic rings. The third-order valence-corrected chi connectivity index (χ3v) is 5.21. The number of allylic oxidation sites excluding steroid dienone is 1. The van der Waals surface area contributed by atoms with E-state index < -0.39 is 5.97 Å². The molecule has 4 heteroatoms. The number of benzene rings is 1. The Morgan fingerprint density at radius 3 is 2.70 bits per heavy atom. The number of aliphatic carboxylic acids is 1. The van der Waals surface area contributed by atoms with E-state index >= 15 is 0 Å². The van der Waals surface area contributed by atoms with Crippen LogP contribution in [-0.4, -0.2) is 34.5 Å². The Labute approximate surface area is 163 Å². The minimum atomic E-state index is -0.726. The number of nitrogens with zero attached hydrogens (tertiary/aromatic N) is 1. The first-order chi connectivity index (χ1) is 13.1. The third-order valence-electron chi connectivity index (χ3n) is 5.21. The first kappa shape index (κ1) is 21.2. The Balaban J connectivity index is 1.79. The molecule has 1 unspecified atom stereocenters. The standard InChI is InChI=1S/C23H33NO3/c1-19(18-20-10-5-4-6-11-20)15-16-21-12-9-13-22(25)24(21)17-8-3-2-7-14-23(26)27/h4-6,10-11,15-16,19,21H,2-3,7-9,12-14,17-18H2,1H3,(H,26,27)/b16-15+/t19?,21-/m1/s1. The predicted molar refractivity (Wildman–Crippen MR) is 109 cm³/mol. The number of hydrogen-bond acceptors (Lipinski definition) is 2. The van der Waals surface area contributed by atoms with Crippen LogP contribution in [0.3, 0.4) is 0 Å². The number of piperidine rings is 1. The summed E-state index contributed by atoms with van der Waals surface area (Å²) in [6.45, 7) is 3.01. The highest BCUT2D eigenvalue weighted by atomic mass is 16.4. The highest BCUT2D eigenvalue weighted by Crippen LogP contribution is 2.21. The summed E-state index contributed by atoms with van der Waals surface area (Å²) in [7, 11) is 0. The first-order valence-corrected chi connectivity index (χ1v) is 10.3. The fourth-order valence-electron chi connectivity index (χ4n) is 3.72. The molecular weight excluding hydrogens is 338 g/mol. The van der Waals surface area contributed by atoms with Crippen LogP contribution in [0, 0.1) is 5.92 Å². The number of carboxylic acid groups (broad SMARTS) is 1. The topological polar surface area (TPSA) is 57.6 Å². The lowest BCUT2D eigenvalue weighted by Gasteiger charge is -2.34. The number of hydrogen-bond donors (Lipinski definition) is 1. The molecule has 1 fully saturated rings. The molecule has 2 atom stereocenters. The van der Waals surface area contributed by atoms with Crippen LogP contribution in [0.1, 0.15) is 63.9 Å². The second-order valence-corrected chi connectivity index (χ2v) is 7.66. The largest absolute Gasteiger partial charge is 0.481 e. The van der Waals surface area contributed by atoms with E-state index in [4.69, 9.17) is 5.11 Å². The van der Waals surface area contributed by atoms with E-state index in [0.29, 0.717) is 12.3 Å². The van der Waals surface area contributed by atoms with E-state index in [9.17, 15) is 9.59 Å². The van der Waals surface area contributed by atoms with E-state index in [1.54, 1.807) is 0 Å². The van der Waals surface area contributed by atoms with Gasteiger partial charge in [0.2, 0.25) is 5.91 Å². The van der Waals surface area contributed by atoms with Crippen LogP contribution >= 0.6 is 0 Å². The van der Waals surface area contributed by atoms with Crippen LogP contribution in [0.15, 0.2) is 42.5 Å². The number of likely N-dealkylation sites (tertiary alicyclic amines) is 1. The Hall–Kier alpha value is -2.10. The number of rotatable bonds is 11. The molecule has 148 valence electrons. The maximum Gasteiger partial charge on any atom is 0.303 e. The normalized spacial score (nSPS) is 18.8. The molecule has 1 aromatic rings. The summed E-state index contributed by atoms with van der Waals surface area (Å²) in [5.74, 6) is -0.0181. The lowest BCUT2D eigenvalue weighted by Crippen LogP contribution is -2.43. The molecule has 0 radical (unpaired) electrons. The maximum absolute atomic E-state index is 12.4. The molecular formula is C23H33NO3. The van der Waals surface area contributed by atoms with Gasteiger partial charge in [0, 0.05) is 25.4 Å². The van der Waals surface area contributed by atoms with E-state index in [1.807, 2.05) is 11.0 Å². The Bertz CT molecular complexity index is 611. The summed E-state index contributed by atoms with van der Waals surface area (Å²) in [5, 5.41) is 8.68. The second kappa shape index (κ2) is 11.6. The molecule has 4 nitrogen and oxygen atoms in total. The molecule has 1 aliphatic heterocycles. The summed E-state index contributed by atoms with van der Waals surface area (Å²) in [6.07, 6.45) is 12.0. The van der Waals surface area contributed by atoms with Gasteiger partial charge in [0.25, 0.3) is 0 Å². The van der Waals surface area contributed by atoms with Crippen LogP contribution in [0.2, 0.25) is 0 Å². The lowest BCUT2D eigenvalue weighted by molar-refractivity contribution is -0.137. The van der Waals surface area contributed by atoms with Crippen molar-refractivity contribution in [3.63, 3.8) is 0 Å². The van der Waals surface area contributed by atoms with Crippen molar-refractivity contribution in [3.8, 4) is 0 Å². The van der Waals surface area contributed by atoms with Gasteiger partial charge in [0.05, 0.1) is 0 Å². The van der Waals surface area contributed by atoms with Gasteiger partial charge >= 0.3 is 5.97 Å². The van der Waals surface area contributed by atoms with Gasteiger partial charge in [0.1, 0.15) is 0 Å². The van der Waals surface area contributed by atoms with Gasteiger partial charge in [-0.2, -0.15) is 0 Å². The van der Waals surface area contributed by atoms with Crippen LogP contribution < -0.4 is 0 Å². The molecule has 1 amide bonds. The first-order valence-electron chi connectivity index (χ1n) is 10.3. The monoisotopic (exact) mass is 371 g/mol. The highest BCUT2D eigenvalue weighted by Gasteiger charge is 2.25. The summed E-state index contributed by atoms with van der Waals surface area (Å²) in [4.78, 5) is 24.9. The average molecular weight is 372 g/mol. The van der Waals surface area contributed by atoms with Gasteiger partial charge in [-0.1, -0.05) is 62.2 Å². The van der Waals surface area contributed by atoms with Crippen molar-refractivity contribution in [2.24, 2.45) is 5.92 Å². The predicted octanol–water partition coefficient (Wildman–Crippen LogP) is 4.84. The number of carbonyl (C=O) groups is 2. The second-order valence-electron chi connectivity index (χ2n) is 7.66. The molecule has 0 saturated carbocycles. The van der Waals surface area contributed by atoms with Gasteiger partial charge in [-0.25, -0.2) is 0 Å². The van der Waals surface area contributed by atoms with Crippen LogP contribution in [0.5, 0.6) is 0 Å². The van der Waals surface area contributed by atoms with E-state index in [-0.39, 0.29) is 18.4 Å². The Morgan fingerprint density at radius 2 is 1.96 bits per heavy atom. The van der Waals surface area contributed by atoms with Gasteiger partial charge < -0.3 is 10.0 Å². The lowest BCUT2D eigenvalue weighted by atomic mass is 9.96. The molecule has 1 N–H and O–H groups in total. The molecule has 1 heterocycles. The highest BCUT2D eigenvalue weighted by molar-refractivity contribution is 5.77. The molecule has 0 aromatic heterocycles. The molecule has 1 saturated heterocycles. The third kappa shape index (κ3) is 7.98. The quantitative estimate of drug-likeness (QED) is 0.447. The van der Waals surface area contributed by atoms with E-state index in [1.165, 1.54) is 5.56 Å². The Kier molecular flexibility index (Phi) is 9.09. The van der Waals surface area contributed by atoms with Gasteiger partial charge in [-0.05, 0) is 43.6 Å². The Morgan fingerprint density at radius 1 is 1.22 bits per heavy atom. The van der Waals surface area contributed by atoms with Crippen LogP contribution in [0.4, 0.5) is 0 Å². The van der Waals surface area contributed by atoms with Crippen molar-refractivity contribution in [2.45, 2.75) is 70.8 Å². The zero-order chi connectivity index (χ0) is 19.5. The summed E-state index contributed by atoms with van der Waals surface area (Å²) >= 11 is 0. The van der Waals surface area contributed by atoms with Gasteiger partial charge in [-0.3, -0.25) is 9.59 Å². The summed E-state index contributed by atoms with van der Waals surface area (Å²) in [6, 6.07) is 10.7. The molecule has 27 heavy (non-hydrogen) atoms. The minimum absolute atomic E-state index is 0.212. The smallest absolute Gasteiger partial charge is 0.303 e. The van der Waals surface area contributed by atoms with Crippen molar-refractivity contribution >= 4 is 11.9 Å². The van der Waals surface area contributed by atoms with Gasteiger partial charge in [0.15, 0.2) is 0 Å². The summed E-state index contributed by atoms with van der Waals surface area (Å²) in [5.41, 5.74) is 1.34. The fourth-order valence-corrected chi connectivity index (χ4v) is 3.72. The zero-order valence-electron chi connectivity index (χ0n) is 16.5. The van der Waals surface area contributed by atoms with Crippen molar-refractivity contribution in [1.29, 1.82) is 0 Å².